The van der Waals surface area contributed by atoms with E-state index in [0.29, 0.717) is 17.2 Å². The zero-order valence-corrected chi connectivity index (χ0v) is 12.5. The summed E-state index contributed by atoms with van der Waals surface area (Å²) in [5.41, 5.74) is 0.467. The number of hydrogen-bond donors (Lipinski definition) is 0. The van der Waals surface area contributed by atoms with E-state index in [-0.39, 0.29) is 0 Å². The molecule has 0 aromatic heterocycles. The molecule has 2 heterocycles. The fourth-order valence-electron chi connectivity index (χ4n) is 3.82. The number of nitrogens with zero attached hydrogens (tertiary/aromatic N) is 2. The maximum absolute atomic E-state index is 12.2. The van der Waals surface area contributed by atoms with Crippen LogP contribution in [0.3, 0.4) is 0 Å². The number of likely N-dealkylation sites (tertiary alicyclic amines) is 2. The highest BCUT2D eigenvalue weighted by Crippen LogP contribution is 2.42. The molecule has 0 N–H and O–H groups in total. The lowest BCUT2D eigenvalue weighted by atomic mass is 9.77. The van der Waals surface area contributed by atoms with Crippen molar-refractivity contribution in [1.29, 1.82) is 0 Å². The number of hydrogen-bond acceptors (Lipinski definition) is 2. The number of amides is 1. The minimum atomic E-state index is 0.398. The van der Waals surface area contributed by atoms with Gasteiger partial charge in [0.15, 0.2) is 0 Å². The minimum absolute atomic E-state index is 0.398. The Morgan fingerprint density at radius 3 is 2.42 bits per heavy atom. The fourth-order valence-corrected chi connectivity index (χ4v) is 3.82. The molecule has 2 aliphatic heterocycles. The van der Waals surface area contributed by atoms with Gasteiger partial charge in [0.05, 0.1) is 0 Å². The predicted molar refractivity (Wildman–Crippen MR) is 76.9 cm³/mol. The largest absolute Gasteiger partial charge is 0.342 e. The van der Waals surface area contributed by atoms with E-state index in [9.17, 15) is 4.79 Å². The van der Waals surface area contributed by atoms with Crippen molar-refractivity contribution in [3.8, 4) is 0 Å². The Morgan fingerprint density at radius 2 is 1.84 bits per heavy atom. The highest BCUT2D eigenvalue weighted by atomic mass is 16.2. The van der Waals surface area contributed by atoms with Crippen molar-refractivity contribution >= 4 is 5.91 Å². The quantitative estimate of drug-likeness (QED) is 0.782. The second kappa shape index (κ2) is 5.08. The van der Waals surface area contributed by atoms with Crippen molar-refractivity contribution in [1.82, 2.24) is 9.80 Å². The molecule has 1 unspecified atom stereocenters. The van der Waals surface area contributed by atoms with Crippen LogP contribution in [-0.2, 0) is 4.79 Å². The Morgan fingerprint density at radius 1 is 1.21 bits per heavy atom. The van der Waals surface area contributed by atoms with Crippen molar-refractivity contribution in [3.05, 3.63) is 0 Å². The molecular formula is C16H28N2O. The lowest BCUT2D eigenvalue weighted by Gasteiger charge is -2.41. The van der Waals surface area contributed by atoms with Crippen LogP contribution in [-0.4, -0.2) is 47.9 Å². The summed E-state index contributed by atoms with van der Waals surface area (Å²) in [6.07, 6.45) is 7.38. The van der Waals surface area contributed by atoms with Gasteiger partial charge in [0.2, 0.25) is 5.91 Å². The van der Waals surface area contributed by atoms with Crippen LogP contribution in [0.4, 0.5) is 0 Å². The van der Waals surface area contributed by atoms with Crippen molar-refractivity contribution in [2.24, 2.45) is 11.3 Å². The maximum Gasteiger partial charge on any atom is 0.225 e. The van der Waals surface area contributed by atoms with E-state index in [2.05, 4.69) is 23.6 Å². The van der Waals surface area contributed by atoms with E-state index in [1.165, 1.54) is 38.8 Å². The average Bonchev–Trinajstić information content (AvgIpc) is 3.21. The van der Waals surface area contributed by atoms with Crippen molar-refractivity contribution in [2.75, 3.05) is 26.2 Å². The first-order valence-electron chi connectivity index (χ1n) is 8.16. The summed E-state index contributed by atoms with van der Waals surface area (Å²) >= 11 is 0. The summed E-state index contributed by atoms with van der Waals surface area (Å²) < 4.78 is 0. The van der Waals surface area contributed by atoms with Crippen molar-refractivity contribution in [2.45, 2.75) is 58.4 Å². The Bertz CT molecular complexity index is 343. The standard InChI is InChI=1S/C16H28N2O/c1-3-13(2)17-9-6-16(7-10-17)8-11-18(12-16)15(19)14-4-5-14/h13-14H,3-12H2,1-2H3. The molecule has 1 aliphatic carbocycles. The smallest absolute Gasteiger partial charge is 0.225 e. The molecule has 0 aromatic carbocycles. The molecule has 19 heavy (non-hydrogen) atoms. The van der Waals surface area contributed by atoms with Crippen LogP contribution in [0.1, 0.15) is 52.4 Å². The first kappa shape index (κ1) is 13.4. The molecule has 1 atom stereocenters. The third-order valence-electron chi connectivity index (χ3n) is 5.75. The summed E-state index contributed by atoms with van der Waals surface area (Å²) in [4.78, 5) is 17.0. The molecule has 1 amide bonds. The maximum atomic E-state index is 12.2. The van der Waals surface area contributed by atoms with Gasteiger partial charge in [-0.05, 0) is 64.0 Å². The molecule has 108 valence electrons. The summed E-state index contributed by atoms with van der Waals surface area (Å²) in [6, 6.07) is 0.725. The molecule has 1 saturated carbocycles. The van der Waals surface area contributed by atoms with Gasteiger partial charge in [0, 0.05) is 25.0 Å². The van der Waals surface area contributed by atoms with Crippen LogP contribution in [0, 0.1) is 11.3 Å². The molecule has 3 aliphatic rings. The molecule has 3 rings (SSSR count). The Hall–Kier alpha value is -0.570. The van der Waals surface area contributed by atoms with Crippen LogP contribution in [0.5, 0.6) is 0 Å². The number of rotatable bonds is 3. The van der Waals surface area contributed by atoms with Gasteiger partial charge in [-0.2, -0.15) is 0 Å². The summed E-state index contributed by atoms with van der Waals surface area (Å²) in [7, 11) is 0. The van der Waals surface area contributed by atoms with E-state index >= 15 is 0 Å². The topological polar surface area (TPSA) is 23.6 Å². The lowest BCUT2D eigenvalue weighted by molar-refractivity contribution is -0.132. The molecular weight excluding hydrogens is 236 g/mol. The monoisotopic (exact) mass is 264 g/mol. The average molecular weight is 264 g/mol. The van der Waals surface area contributed by atoms with E-state index < -0.39 is 0 Å². The number of carbonyl (C=O) groups excluding carboxylic acids is 1. The highest BCUT2D eigenvalue weighted by molar-refractivity contribution is 5.81. The number of piperidine rings is 1. The van der Waals surface area contributed by atoms with Crippen LogP contribution >= 0.6 is 0 Å². The Balaban J connectivity index is 1.54. The van der Waals surface area contributed by atoms with Crippen LogP contribution < -0.4 is 0 Å². The summed E-state index contributed by atoms with van der Waals surface area (Å²) in [5.74, 6) is 0.858. The third kappa shape index (κ3) is 2.67. The molecule has 0 radical (unpaired) electrons. The third-order valence-corrected chi connectivity index (χ3v) is 5.75. The lowest BCUT2D eigenvalue weighted by Crippen LogP contribution is -2.45. The van der Waals surface area contributed by atoms with E-state index in [1.54, 1.807) is 0 Å². The Labute approximate surface area is 117 Å². The van der Waals surface area contributed by atoms with E-state index in [0.717, 1.165) is 32.0 Å². The molecule has 2 saturated heterocycles. The SMILES string of the molecule is CCC(C)N1CCC2(CCN(C(=O)C3CC3)C2)CC1. The van der Waals surface area contributed by atoms with Crippen molar-refractivity contribution < 1.29 is 4.79 Å². The predicted octanol–water partition coefficient (Wildman–Crippen LogP) is 2.51. The summed E-state index contributed by atoms with van der Waals surface area (Å²) in [6.45, 7) is 9.17. The first-order chi connectivity index (χ1) is 9.13. The van der Waals surface area contributed by atoms with E-state index in [1.807, 2.05) is 0 Å². The van der Waals surface area contributed by atoms with Gasteiger partial charge in [-0.1, -0.05) is 6.92 Å². The molecule has 0 aromatic rings. The zero-order valence-electron chi connectivity index (χ0n) is 12.5. The zero-order chi connectivity index (χ0) is 13.5. The number of carbonyl (C=O) groups is 1. The molecule has 3 nitrogen and oxygen atoms in total. The van der Waals surface area contributed by atoms with E-state index in [4.69, 9.17) is 0 Å². The van der Waals surface area contributed by atoms with Gasteiger partial charge in [0.25, 0.3) is 0 Å². The highest BCUT2D eigenvalue weighted by Gasteiger charge is 2.44. The summed E-state index contributed by atoms with van der Waals surface area (Å²) in [5, 5.41) is 0. The van der Waals surface area contributed by atoms with Gasteiger partial charge in [-0.15, -0.1) is 0 Å². The molecule has 1 spiro atoms. The van der Waals surface area contributed by atoms with Crippen LogP contribution in [0.2, 0.25) is 0 Å². The molecule has 0 bridgehead atoms. The Kier molecular flexibility index (Phi) is 3.59. The van der Waals surface area contributed by atoms with Gasteiger partial charge in [-0.25, -0.2) is 0 Å². The van der Waals surface area contributed by atoms with Crippen LogP contribution in [0.15, 0.2) is 0 Å². The van der Waals surface area contributed by atoms with Gasteiger partial charge >= 0.3 is 0 Å². The minimum Gasteiger partial charge on any atom is -0.342 e. The first-order valence-corrected chi connectivity index (χ1v) is 8.16. The molecule has 3 heteroatoms. The normalized spacial score (nSPS) is 28.8. The second-order valence-electron chi connectivity index (χ2n) is 7.08. The fraction of sp³-hybridized carbons (Fsp3) is 0.938. The van der Waals surface area contributed by atoms with Crippen molar-refractivity contribution in [3.63, 3.8) is 0 Å². The second-order valence-corrected chi connectivity index (χ2v) is 7.08. The molecule has 3 fully saturated rings. The van der Waals surface area contributed by atoms with Crippen LogP contribution in [0.25, 0.3) is 0 Å². The van der Waals surface area contributed by atoms with Gasteiger partial charge in [0.1, 0.15) is 0 Å². The van der Waals surface area contributed by atoms with Gasteiger partial charge in [-0.3, -0.25) is 4.79 Å². The van der Waals surface area contributed by atoms with Gasteiger partial charge < -0.3 is 9.80 Å².